The monoisotopic (exact) mass is 658 g/mol. The number of carbonyl (C=O) groups excluding carboxylic acids is 1. The number of imidazole rings is 1. The van der Waals surface area contributed by atoms with E-state index in [1.54, 1.807) is 18.2 Å². The maximum Gasteiger partial charge on any atom is 0.326 e. The molecule has 0 radical (unpaired) electrons. The number of aromatic nitrogens is 2. The van der Waals surface area contributed by atoms with Crippen molar-refractivity contribution in [1.82, 2.24) is 14.5 Å². The first-order valence-electron chi connectivity index (χ1n) is 14.6. The van der Waals surface area contributed by atoms with E-state index in [-0.39, 0.29) is 30.5 Å². The number of anilines is 1. The highest BCUT2D eigenvalue weighted by Crippen LogP contribution is 2.39. The largest absolute Gasteiger partial charge is 0.392 e. The smallest absolute Gasteiger partial charge is 0.326 e. The predicted octanol–water partition coefficient (Wildman–Crippen LogP) is 6.01. The average Bonchev–Trinajstić information content (AvgIpc) is 3.36. The molecule has 9 nitrogen and oxygen atoms in total. The number of likely N-dealkylation sites (tertiary alicyclic amines) is 1. The summed E-state index contributed by atoms with van der Waals surface area (Å²) in [5.74, 6) is -0.761. The van der Waals surface area contributed by atoms with Gasteiger partial charge in [0.1, 0.15) is 0 Å². The number of hydrogen-bond donors (Lipinski definition) is 3. The Balaban J connectivity index is 1.18. The van der Waals surface area contributed by atoms with Crippen LogP contribution in [0.4, 0.5) is 5.69 Å². The molecule has 0 saturated carbocycles. The Kier molecular flexibility index (Phi) is 9.35. The molecule has 2 fully saturated rings. The van der Waals surface area contributed by atoms with E-state index in [4.69, 9.17) is 44.3 Å². The van der Waals surface area contributed by atoms with Crippen molar-refractivity contribution >= 4 is 57.4 Å². The molecule has 3 unspecified atom stereocenters. The Bertz CT molecular complexity index is 1660. The summed E-state index contributed by atoms with van der Waals surface area (Å²) >= 11 is 17.2. The first kappa shape index (κ1) is 31.1. The number of para-hydroxylation sites is 2. The van der Waals surface area contributed by atoms with Gasteiger partial charge in [-0.3, -0.25) is 9.36 Å². The van der Waals surface area contributed by atoms with E-state index in [1.165, 1.54) is 0 Å². The minimum Gasteiger partial charge on any atom is -0.392 e. The third-order valence-electron chi connectivity index (χ3n) is 8.30. The molecule has 1 amide bonds. The lowest BCUT2D eigenvalue weighted by Gasteiger charge is -2.40. The highest BCUT2D eigenvalue weighted by molar-refractivity contribution is 6.76. The number of halogens is 3. The van der Waals surface area contributed by atoms with Crippen molar-refractivity contribution in [3.05, 3.63) is 100.0 Å². The number of piperidine rings is 1. The van der Waals surface area contributed by atoms with Crippen molar-refractivity contribution in [1.29, 1.82) is 0 Å². The number of aliphatic hydroxyl groups excluding tert-OH is 1. The summed E-state index contributed by atoms with van der Waals surface area (Å²) in [6, 6.07) is 22.7. The van der Waals surface area contributed by atoms with Crippen molar-refractivity contribution in [2.45, 2.75) is 54.2 Å². The fourth-order valence-corrected chi connectivity index (χ4v) is 6.22. The van der Waals surface area contributed by atoms with Gasteiger partial charge in [0.05, 0.1) is 29.8 Å². The second kappa shape index (κ2) is 13.2. The molecule has 3 aromatic carbocycles. The number of nitrogens with zero attached hydrogens (tertiary/aromatic N) is 2. The van der Waals surface area contributed by atoms with Crippen LogP contribution < -0.4 is 11.0 Å². The number of aromatic amines is 1. The quantitative estimate of drug-likeness (QED) is 0.210. The van der Waals surface area contributed by atoms with Gasteiger partial charge >= 0.3 is 5.69 Å². The molecule has 3 heterocycles. The molecule has 2 saturated heterocycles. The zero-order chi connectivity index (χ0) is 30.8. The van der Waals surface area contributed by atoms with E-state index in [0.29, 0.717) is 24.2 Å². The molecule has 12 heteroatoms. The highest BCUT2D eigenvalue weighted by atomic mass is 35.6. The molecule has 0 aliphatic carbocycles. The van der Waals surface area contributed by atoms with Crippen LogP contribution in [0.15, 0.2) is 77.6 Å². The van der Waals surface area contributed by atoms with E-state index < -0.39 is 16.0 Å². The summed E-state index contributed by atoms with van der Waals surface area (Å²) in [5.41, 5.74) is 4.70. The van der Waals surface area contributed by atoms with Crippen LogP contribution in [-0.4, -0.2) is 55.0 Å². The Morgan fingerprint density at radius 3 is 2.45 bits per heavy atom. The first-order chi connectivity index (χ1) is 21.2. The molecule has 4 aromatic rings. The molecule has 0 bridgehead atoms. The summed E-state index contributed by atoms with van der Waals surface area (Å²) in [6.07, 6.45) is 1.23. The number of amides is 1. The van der Waals surface area contributed by atoms with Crippen LogP contribution in [0.1, 0.15) is 54.4 Å². The summed E-state index contributed by atoms with van der Waals surface area (Å²) in [5, 5.41) is 12.1. The third kappa shape index (κ3) is 7.00. The molecule has 2 aliphatic rings. The number of hydrogen-bond acceptors (Lipinski definition) is 6. The second-order valence-electron chi connectivity index (χ2n) is 11.3. The third-order valence-corrected chi connectivity index (χ3v) is 8.81. The predicted molar refractivity (Wildman–Crippen MR) is 171 cm³/mol. The maximum atomic E-state index is 12.8. The summed E-state index contributed by atoms with van der Waals surface area (Å²) in [6.45, 7) is 2.32. The number of H-pyrrole nitrogens is 1. The lowest BCUT2D eigenvalue weighted by molar-refractivity contribution is -0.253. The lowest BCUT2D eigenvalue weighted by Crippen LogP contribution is -2.43. The minimum absolute atomic E-state index is 0.0342. The number of aliphatic hydroxyl groups is 1. The van der Waals surface area contributed by atoms with Crippen LogP contribution in [0.25, 0.3) is 11.0 Å². The number of nitrogens with one attached hydrogen (secondary N) is 2. The molecule has 1 aromatic heterocycles. The van der Waals surface area contributed by atoms with Gasteiger partial charge in [-0.15, -0.1) is 0 Å². The Morgan fingerprint density at radius 2 is 1.73 bits per heavy atom. The number of ether oxygens (including phenoxy) is 2. The number of rotatable bonds is 7. The SMILES string of the molecule is O=C(Nc1cccc(C2OC(CN3CCC(n4c(=O)[nH]c5ccccc54)CC3)CC(c3ccc(CO)cc3)O2)c1)C(Cl)(Cl)Cl. The van der Waals surface area contributed by atoms with Crippen molar-refractivity contribution in [2.75, 3.05) is 25.0 Å². The van der Waals surface area contributed by atoms with Crippen molar-refractivity contribution in [3.8, 4) is 0 Å². The standard InChI is InChI=1S/C32H33Cl3N4O5/c33-32(34,35)30(41)36-23-5-3-4-22(16-23)29-43-25(17-28(44-29)21-10-8-20(19-40)9-11-21)18-38-14-12-24(13-15-38)39-27-7-2-1-6-26(27)37-31(39)42/h1-11,16,24-25,28-29,40H,12-15,17-19H2,(H,36,41)(H,37,42). The van der Waals surface area contributed by atoms with Gasteiger partial charge in [0, 0.05) is 43.3 Å². The van der Waals surface area contributed by atoms with Gasteiger partial charge in [0.2, 0.25) is 0 Å². The summed E-state index contributed by atoms with van der Waals surface area (Å²) in [7, 11) is 0. The van der Waals surface area contributed by atoms with Crippen LogP contribution >= 0.6 is 34.8 Å². The number of alkyl halides is 3. The van der Waals surface area contributed by atoms with E-state index in [0.717, 1.165) is 48.1 Å². The van der Waals surface area contributed by atoms with Gasteiger partial charge in [-0.2, -0.15) is 0 Å². The van der Waals surface area contributed by atoms with Crippen LogP contribution in [-0.2, 0) is 20.9 Å². The molecule has 2 aliphatic heterocycles. The second-order valence-corrected chi connectivity index (χ2v) is 13.6. The zero-order valence-corrected chi connectivity index (χ0v) is 26.1. The maximum absolute atomic E-state index is 12.8. The number of benzene rings is 3. The Labute approximate surface area is 269 Å². The van der Waals surface area contributed by atoms with E-state index in [9.17, 15) is 14.7 Å². The highest BCUT2D eigenvalue weighted by Gasteiger charge is 2.35. The van der Waals surface area contributed by atoms with E-state index in [2.05, 4.69) is 15.2 Å². The zero-order valence-electron chi connectivity index (χ0n) is 23.8. The van der Waals surface area contributed by atoms with Gasteiger partial charge < -0.3 is 29.8 Å². The molecular formula is C32H33Cl3N4O5. The molecule has 3 N–H and O–H groups in total. The number of carbonyl (C=O) groups is 1. The Morgan fingerprint density at radius 1 is 0.977 bits per heavy atom. The number of fused-ring (bicyclic) bond motifs is 1. The molecule has 44 heavy (non-hydrogen) atoms. The molecule has 6 rings (SSSR count). The normalized spacial score (nSPS) is 21.9. The topological polar surface area (TPSA) is 109 Å². The van der Waals surface area contributed by atoms with E-state index >= 15 is 0 Å². The van der Waals surface area contributed by atoms with Gasteiger partial charge in [-0.1, -0.05) is 83.3 Å². The van der Waals surface area contributed by atoms with E-state index in [1.807, 2.05) is 59.2 Å². The average molecular weight is 660 g/mol. The minimum atomic E-state index is -2.10. The first-order valence-corrected chi connectivity index (χ1v) is 15.7. The molecule has 0 spiro atoms. The van der Waals surface area contributed by atoms with Gasteiger partial charge in [-0.05, 0) is 48.2 Å². The van der Waals surface area contributed by atoms with Crippen molar-refractivity contribution in [2.24, 2.45) is 0 Å². The van der Waals surface area contributed by atoms with Crippen LogP contribution in [0, 0.1) is 0 Å². The van der Waals surface area contributed by atoms with Crippen LogP contribution in [0.5, 0.6) is 0 Å². The summed E-state index contributed by atoms with van der Waals surface area (Å²) in [4.78, 5) is 30.4. The summed E-state index contributed by atoms with van der Waals surface area (Å²) < 4.78 is 12.8. The fourth-order valence-electron chi connectivity index (χ4n) is 6.08. The Hall–Kier alpha value is -2.89. The molecule has 3 atom stereocenters. The molecule has 232 valence electrons. The molecular weight excluding hydrogens is 627 g/mol. The van der Waals surface area contributed by atoms with Crippen molar-refractivity contribution < 1.29 is 19.4 Å². The van der Waals surface area contributed by atoms with Crippen LogP contribution in [0.2, 0.25) is 0 Å². The van der Waals surface area contributed by atoms with Gasteiger partial charge in [0.15, 0.2) is 6.29 Å². The fraction of sp³-hybridized carbons (Fsp3) is 0.375. The van der Waals surface area contributed by atoms with Gasteiger partial charge in [0.25, 0.3) is 9.70 Å². The lowest BCUT2D eigenvalue weighted by atomic mass is 9.98. The van der Waals surface area contributed by atoms with Crippen LogP contribution in [0.3, 0.4) is 0 Å². The van der Waals surface area contributed by atoms with Gasteiger partial charge in [-0.25, -0.2) is 4.79 Å². The van der Waals surface area contributed by atoms with Crippen molar-refractivity contribution in [3.63, 3.8) is 0 Å².